The summed E-state index contributed by atoms with van der Waals surface area (Å²) in [5.74, 6) is 0.139. The molecule has 0 aliphatic carbocycles. The smallest absolute Gasteiger partial charge is 0.187 e. The molecule has 0 spiro atoms. The van der Waals surface area contributed by atoms with Crippen molar-refractivity contribution in [2.24, 2.45) is 0 Å². The van der Waals surface area contributed by atoms with Gasteiger partial charge in [-0.15, -0.1) is 11.3 Å². The number of thiophene rings is 1. The fourth-order valence-electron chi connectivity index (χ4n) is 1.29. The van der Waals surface area contributed by atoms with Crippen molar-refractivity contribution in [1.29, 1.82) is 0 Å². The predicted octanol–water partition coefficient (Wildman–Crippen LogP) is 2.60. The Labute approximate surface area is 98.7 Å². The van der Waals surface area contributed by atoms with Gasteiger partial charge in [-0.25, -0.2) is 8.42 Å². The predicted molar refractivity (Wildman–Crippen MR) is 65.3 cm³/mol. The van der Waals surface area contributed by atoms with Gasteiger partial charge in [0.1, 0.15) is 4.21 Å². The van der Waals surface area contributed by atoms with Crippen molar-refractivity contribution < 1.29 is 8.42 Å². The van der Waals surface area contributed by atoms with Crippen molar-refractivity contribution in [3.8, 4) is 10.4 Å². The number of rotatable bonds is 3. The first-order chi connectivity index (χ1) is 7.63. The number of pyridine rings is 1. The third kappa shape index (κ3) is 2.15. The van der Waals surface area contributed by atoms with Crippen LogP contribution in [-0.4, -0.2) is 19.2 Å². The molecule has 0 saturated heterocycles. The van der Waals surface area contributed by atoms with Crippen LogP contribution in [0.2, 0.25) is 0 Å². The van der Waals surface area contributed by atoms with Gasteiger partial charge in [-0.05, 0) is 18.2 Å². The van der Waals surface area contributed by atoms with Gasteiger partial charge in [-0.3, -0.25) is 4.98 Å². The lowest BCUT2D eigenvalue weighted by molar-refractivity contribution is 0.599. The molecule has 0 aliphatic heterocycles. The Morgan fingerprint density at radius 1 is 1.31 bits per heavy atom. The highest BCUT2D eigenvalue weighted by Crippen LogP contribution is 2.30. The van der Waals surface area contributed by atoms with Crippen molar-refractivity contribution in [2.45, 2.75) is 11.1 Å². The summed E-state index contributed by atoms with van der Waals surface area (Å²) in [5, 5.41) is 0. The van der Waals surface area contributed by atoms with Crippen LogP contribution < -0.4 is 0 Å². The maximum Gasteiger partial charge on any atom is 0.187 e. The van der Waals surface area contributed by atoms with Crippen molar-refractivity contribution in [1.82, 2.24) is 4.98 Å². The Kier molecular flexibility index (Phi) is 3.07. The summed E-state index contributed by atoms with van der Waals surface area (Å²) < 4.78 is 23.7. The molecule has 0 saturated carbocycles. The lowest BCUT2D eigenvalue weighted by Gasteiger charge is -1.96. The molecule has 0 aliphatic rings. The molecule has 2 aromatic heterocycles. The van der Waals surface area contributed by atoms with Crippen LogP contribution in [0, 0.1) is 0 Å². The van der Waals surface area contributed by atoms with Gasteiger partial charge < -0.3 is 0 Å². The highest BCUT2D eigenvalue weighted by molar-refractivity contribution is 7.93. The van der Waals surface area contributed by atoms with E-state index < -0.39 is 9.84 Å². The second kappa shape index (κ2) is 4.35. The minimum Gasteiger partial charge on any atom is -0.264 e. The average molecular weight is 253 g/mol. The molecule has 0 amide bonds. The summed E-state index contributed by atoms with van der Waals surface area (Å²) in [4.78, 5) is 4.94. The lowest BCUT2D eigenvalue weighted by atomic mass is 10.2. The van der Waals surface area contributed by atoms with E-state index in [4.69, 9.17) is 0 Å². The van der Waals surface area contributed by atoms with Crippen LogP contribution in [0.3, 0.4) is 0 Å². The molecule has 0 radical (unpaired) electrons. The molecular formula is C11H11NO2S2. The Hall–Kier alpha value is -1.20. The number of nitrogens with zero attached hydrogens (tertiary/aromatic N) is 1. The van der Waals surface area contributed by atoms with Crippen LogP contribution in [0.25, 0.3) is 10.4 Å². The molecular weight excluding hydrogens is 242 g/mol. The Balaban J connectivity index is 2.42. The van der Waals surface area contributed by atoms with Crippen LogP contribution in [0.4, 0.5) is 0 Å². The fourth-order valence-corrected chi connectivity index (χ4v) is 3.71. The van der Waals surface area contributed by atoms with Crippen LogP contribution in [0.15, 0.2) is 40.9 Å². The number of sulfone groups is 1. The Morgan fingerprint density at radius 3 is 2.75 bits per heavy atom. The van der Waals surface area contributed by atoms with Gasteiger partial charge in [-0.2, -0.15) is 0 Å². The van der Waals surface area contributed by atoms with Gasteiger partial charge in [0.2, 0.25) is 0 Å². The zero-order chi connectivity index (χ0) is 11.6. The molecule has 2 aromatic rings. The maximum atomic E-state index is 11.6. The molecule has 0 unspecified atom stereocenters. The van der Waals surface area contributed by atoms with Crippen molar-refractivity contribution >= 4 is 21.2 Å². The summed E-state index contributed by atoms with van der Waals surface area (Å²) >= 11 is 1.29. The quantitative estimate of drug-likeness (QED) is 0.844. The molecule has 84 valence electrons. The number of hydrogen-bond acceptors (Lipinski definition) is 4. The van der Waals surface area contributed by atoms with Crippen LogP contribution in [0.5, 0.6) is 0 Å². The molecule has 2 rings (SSSR count). The molecule has 3 nitrogen and oxygen atoms in total. The molecule has 16 heavy (non-hydrogen) atoms. The lowest BCUT2D eigenvalue weighted by Crippen LogP contribution is -2.00. The van der Waals surface area contributed by atoms with E-state index in [2.05, 4.69) is 4.98 Å². The summed E-state index contributed by atoms with van der Waals surface area (Å²) in [5.41, 5.74) is 0.949. The second-order valence-corrected chi connectivity index (χ2v) is 6.85. The first-order valence-electron chi connectivity index (χ1n) is 4.86. The summed E-state index contributed by atoms with van der Waals surface area (Å²) in [7, 11) is -3.09. The minimum atomic E-state index is -3.09. The van der Waals surface area contributed by atoms with E-state index in [1.54, 1.807) is 25.4 Å². The van der Waals surface area contributed by atoms with E-state index in [0.29, 0.717) is 4.21 Å². The van der Waals surface area contributed by atoms with Crippen LogP contribution >= 0.6 is 11.3 Å². The SMILES string of the molecule is CCS(=O)(=O)c1ccc(-c2cccnc2)s1. The monoisotopic (exact) mass is 253 g/mol. The van der Waals surface area contributed by atoms with Crippen LogP contribution in [0.1, 0.15) is 6.92 Å². The van der Waals surface area contributed by atoms with E-state index in [1.807, 2.05) is 18.2 Å². The second-order valence-electron chi connectivity index (χ2n) is 3.26. The highest BCUT2D eigenvalue weighted by Gasteiger charge is 2.14. The van der Waals surface area contributed by atoms with E-state index in [-0.39, 0.29) is 5.75 Å². The molecule has 0 aromatic carbocycles. The zero-order valence-electron chi connectivity index (χ0n) is 8.75. The molecule has 0 N–H and O–H groups in total. The summed E-state index contributed by atoms with van der Waals surface area (Å²) in [6, 6.07) is 7.24. The largest absolute Gasteiger partial charge is 0.264 e. The number of hydrogen-bond donors (Lipinski definition) is 0. The normalized spacial score (nSPS) is 11.6. The van der Waals surface area contributed by atoms with Gasteiger partial charge in [0.05, 0.1) is 5.75 Å². The zero-order valence-corrected chi connectivity index (χ0v) is 10.4. The fraction of sp³-hybridized carbons (Fsp3) is 0.182. The van der Waals surface area contributed by atoms with Crippen molar-refractivity contribution in [2.75, 3.05) is 5.75 Å². The third-order valence-corrected chi connectivity index (χ3v) is 5.66. The first kappa shape index (κ1) is 11.3. The Morgan fingerprint density at radius 2 is 2.12 bits per heavy atom. The Bertz CT molecular complexity index is 573. The molecule has 5 heteroatoms. The first-order valence-corrected chi connectivity index (χ1v) is 7.33. The molecule has 0 atom stereocenters. The third-order valence-electron chi connectivity index (χ3n) is 2.21. The van der Waals surface area contributed by atoms with Crippen molar-refractivity contribution in [3.05, 3.63) is 36.7 Å². The van der Waals surface area contributed by atoms with Crippen LogP contribution in [-0.2, 0) is 9.84 Å². The highest BCUT2D eigenvalue weighted by atomic mass is 32.2. The molecule has 2 heterocycles. The summed E-state index contributed by atoms with van der Waals surface area (Å²) in [6.45, 7) is 1.65. The van der Waals surface area contributed by atoms with E-state index in [9.17, 15) is 8.42 Å². The van der Waals surface area contributed by atoms with Gasteiger partial charge in [-0.1, -0.05) is 13.0 Å². The average Bonchev–Trinajstić information content (AvgIpc) is 2.80. The van der Waals surface area contributed by atoms with E-state index in [1.165, 1.54) is 11.3 Å². The topological polar surface area (TPSA) is 47.0 Å². The van der Waals surface area contributed by atoms with Gasteiger partial charge in [0.25, 0.3) is 0 Å². The standard InChI is InChI=1S/C11H11NO2S2/c1-2-16(13,14)11-6-5-10(15-11)9-4-3-7-12-8-9/h3-8H,2H2,1H3. The minimum absolute atomic E-state index is 0.139. The molecule has 0 bridgehead atoms. The van der Waals surface area contributed by atoms with Gasteiger partial charge in [0, 0.05) is 22.8 Å². The van der Waals surface area contributed by atoms with Gasteiger partial charge >= 0.3 is 0 Å². The number of aromatic nitrogens is 1. The van der Waals surface area contributed by atoms with E-state index in [0.717, 1.165) is 10.4 Å². The molecule has 0 fully saturated rings. The van der Waals surface area contributed by atoms with Gasteiger partial charge in [0.15, 0.2) is 9.84 Å². The summed E-state index contributed by atoms with van der Waals surface area (Å²) in [6.07, 6.45) is 3.43. The van der Waals surface area contributed by atoms with E-state index >= 15 is 0 Å². The maximum absolute atomic E-state index is 11.6. The van der Waals surface area contributed by atoms with Crippen molar-refractivity contribution in [3.63, 3.8) is 0 Å².